The zero-order valence-electron chi connectivity index (χ0n) is 61.2. The third kappa shape index (κ3) is 13.8. The maximum Gasteiger partial charge on any atom is 0.494 e. The summed E-state index contributed by atoms with van der Waals surface area (Å²) in [5.74, 6) is 3.52. The van der Waals surface area contributed by atoms with Crippen molar-refractivity contribution in [2.24, 2.45) is 0 Å². The molecule has 9 aromatic carbocycles. The van der Waals surface area contributed by atoms with Gasteiger partial charge in [-0.05, 0) is 143 Å². The number of pyridine rings is 6. The first kappa shape index (κ1) is 69.9. The molecule has 10 heterocycles. The molecular weight excluding hydrogens is 1410 g/mol. The Balaban J connectivity index is 0.000000136. The number of aromatic nitrogens is 12. The van der Waals surface area contributed by atoms with Crippen LogP contribution in [0.25, 0.3) is 156 Å². The Morgan fingerprint density at radius 2 is 0.532 bits per heavy atom. The van der Waals surface area contributed by atoms with E-state index in [1.165, 1.54) is 0 Å². The van der Waals surface area contributed by atoms with E-state index in [0.29, 0.717) is 34.9 Å². The summed E-state index contributed by atoms with van der Waals surface area (Å²) in [4.78, 5) is 57.7. The molecule has 0 spiro atoms. The standard InChI is InChI=1S/C45H27N7.C33H37B2N3O4.C12H7BrN2/c1-3-9-30(10-4-1)43-50-44(31-11-5-2-6-12-31)52-45(51-43)34-26-32(35-19-23-48-41-37(35)17-15-28-13-7-21-46-39(28)41)25-33(27-34)36-20-24-49-42-38(36)18-16-29-14-8-22-47-40(29)42;1-30(2)31(3,4)40-34(39-30)25-19-24(20-26(21-25)35-41-32(5,6)33(7,8)42-35)29-37-27(22-15-11-9-12-16-22)36-28(38-29)23-17-13-10-14-18-23;13-10-5-7-15-12-9(10)4-3-8-2-1-6-14-11(8)12/h1-27H;9-21H,1-8H3;1-7H. The molecule has 16 nitrogen and oxygen atoms in total. The Kier molecular flexibility index (Phi) is 18.3. The lowest BCUT2D eigenvalue weighted by Crippen LogP contribution is -2.41. The van der Waals surface area contributed by atoms with E-state index >= 15 is 0 Å². The minimum Gasteiger partial charge on any atom is -0.399 e. The number of hydrogen-bond donors (Lipinski definition) is 0. The van der Waals surface area contributed by atoms with Crippen LogP contribution in [0.3, 0.4) is 0 Å². The molecule has 109 heavy (non-hydrogen) atoms. The van der Waals surface area contributed by atoms with E-state index in [1.54, 1.807) is 12.4 Å². The van der Waals surface area contributed by atoms with E-state index in [1.807, 2.05) is 195 Å². The predicted molar refractivity (Wildman–Crippen MR) is 441 cm³/mol. The second kappa shape index (κ2) is 28.6. The van der Waals surface area contributed by atoms with E-state index < -0.39 is 36.6 Å². The smallest absolute Gasteiger partial charge is 0.399 e. The SMILES string of the molecule is Brc1ccnc2c1ccc1cccnc12.CC1(C)OB(c2cc(B3OC(C)(C)C(C)(C)O3)cc(-c3nc(-c4ccccc4)nc(-c4ccccc4)n3)c2)OC1(C)C.c1ccc(-c2nc(-c3ccccc3)nc(-c3cc(-c4ccnc5c4ccc4cccnc45)cc(-c4ccnc5c4ccc4cccnc45)c3)n2)cc1. The van der Waals surface area contributed by atoms with E-state index in [2.05, 4.69) is 160 Å². The first-order chi connectivity index (χ1) is 52.9. The summed E-state index contributed by atoms with van der Waals surface area (Å²) >= 11 is 3.51. The first-order valence-corrected chi connectivity index (χ1v) is 37.0. The summed E-state index contributed by atoms with van der Waals surface area (Å²) in [6.45, 7) is 16.4. The van der Waals surface area contributed by atoms with Crippen molar-refractivity contribution < 1.29 is 18.6 Å². The fourth-order valence-electron chi connectivity index (χ4n) is 13.7. The summed E-state index contributed by atoms with van der Waals surface area (Å²) in [5.41, 5.74) is 14.4. The zero-order chi connectivity index (χ0) is 74.6. The highest BCUT2D eigenvalue weighted by molar-refractivity contribution is 9.10. The molecule has 0 unspecified atom stereocenters. The van der Waals surface area contributed by atoms with Crippen molar-refractivity contribution in [2.45, 2.75) is 77.8 Å². The Hall–Kier alpha value is -12.1. The van der Waals surface area contributed by atoms with Crippen LogP contribution in [0, 0.1) is 0 Å². The van der Waals surface area contributed by atoms with Gasteiger partial charge in [-0.15, -0.1) is 0 Å². The summed E-state index contributed by atoms with van der Waals surface area (Å²) in [6, 6.07) is 83.4. The summed E-state index contributed by atoms with van der Waals surface area (Å²) in [5, 5.41) is 6.34. The van der Waals surface area contributed by atoms with E-state index in [4.69, 9.17) is 68.5 Å². The Labute approximate surface area is 639 Å². The van der Waals surface area contributed by atoms with Crippen LogP contribution in [0.1, 0.15) is 55.4 Å². The molecule has 19 rings (SSSR count). The zero-order valence-corrected chi connectivity index (χ0v) is 62.8. The van der Waals surface area contributed by atoms with Gasteiger partial charge < -0.3 is 18.6 Å². The molecule has 2 fully saturated rings. The molecule has 0 amide bonds. The van der Waals surface area contributed by atoms with Crippen LogP contribution >= 0.6 is 15.9 Å². The van der Waals surface area contributed by atoms with Crippen LogP contribution in [0.4, 0.5) is 0 Å². The van der Waals surface area contributed by atoms with E-state index in [0.717, 1.165) is 136 Å². The summed E-state index contributed by atoms with van der Waals surface area (Å²) in [6.07, 6.45) is 10.9. The van der Waals surface area contributed by atoms with E-state index in [9.17, 15) is 0 Å². The molecule has 17 aromatic rings. The topological polar surface area (TPSA) is 192 Å². The average molecular weight is 1490 g/mol. The fourth-order valence-corrected chi connectivity index (χ4v) is 14.1. The highest BCUT2D eigenvalue weighted by Crippen LogP contribution is 2.42. The fraction of sp³-hybridized carbons (Fsp3) is 0.133. The van der Waals surface area contributed by atoms with Gasteiger partial charge in [0.15, 0.2) is 34.9 Å². The number of halogens is 1. The van der Waals surface area contributed by atoms with Crippen molar-refractivity contribution >= 4 is 107 Å². The van der Waals surface area contributed by atoms with Crippen LogP contribution in [-0.4, -0.2) is 96.4 Å². The molecule has 2 aliphatic rings. The highest BCUT2D eigenvalue weighted by atomic mass is 79.9. The second-order valence-corrected chi connectivity index (χ2v) is 29.9. The van der Waals surface area contributed by atoms with Crippen LogP contribution in [0.5, 0.6) is 0 Å². The maximum atomic E-state index is 6.47. The summed E-state index contributed by atoms with van der Waals surface area (Å²) < 4.78 is 26.9. The molecule has 19 heteroatoms. The van der Waals surface area contributed by atoms with Crippen molar-refractivity contribution in [3.63, 3.8) is 0 Å². The quantitative estimate of drug-likeness (QED) is 0.0927. The van der Waals surface area contributed by atoms with Crippen molar-refractivity contribution in [3.05, 3.63) is 290 Å². The van der Waals surface area contributed by atoms with Crippen molar-refractivity contribution in [2.75, 3.05) is 0 Å². The molecule has 0 N–H and O–H groups in total. The molecule has 0 aliphatic carbocycles. The van der Waals surface area contributed by atoms with Crippen LogP contribution in [0.15, 0.2) is 290 Å². The predicted octanol–water partition coefficient (Wildman–Crippen LogP) is 19.4. The molecular formula is C90H71B2BrN12O4. The van der Waals surface area contributed by atoms with Gasteiger partial charge in [0.1, 0.15) is 0 Å². The normalized spacial score (nSPS) is 14.8. The number of nitrogens with zero attached hydrogens (tertiary/aromatic N) is 12. The molecule has 0 saturated carbocycles. The van der Waals surface area contributed by atoms with Gasteiger partial charge >= 0.3 is 14.2 Å². The highest BCUT2D eigenvalue weighted by Gasteiger charge is 2.54. The van der Waals surface area contributed by atoms with Crippen LogP contribution < -0.4 is 10.9 Å². The molecule has 0 atom stereocenters. The Morgan fingerprint density at radius 1 is 0.248 bits per heavy atom. The third-order valence-electron chi connectivity index (χ3n) is 20.9. The van der Waals surface area contributed by atoms with Gasteiger partial charge in [0.2, 0.25) is 0 Å². The van der Waals surface area contributed by atoms with Crippen molar-refractivity contribution in [3.8, 4) is 90.6 Å². The first-order valence-electron chi connectivity index (χ1n) is 36.2. The average Bonchev–Trinajstić information content (AvgIpc) is 1.53. The van der Waals surface area contributed by atoms with Gasteiger partial charge in [0.05, 0.1) is 55.5 Å². The molecule has 0 radical (unpaired) electrons. The van der Waals surface area contributed by atoms with Crippen LogP contribution in [0.2, 0.25) is 0 Å². The molecule has 2 saturated heterocycles. The molecule has 8 aromatic heterocycles. The Bertz CT molecular complexity index is 5990. The number of rotatable bonds is 10. The summed E-state index contributed by atoms with van der Waals surface area (Å²) in [7, 11) is -1.17. The molecule has 528 valence electrons. The van der Waals surface area contributed by atoms with Gasteiger partial charge in [-0.3, -0.25) is 29.9 Å². The Morgan fingerprint density at radius 3 is 0.881 bits per heavy atom. The second-order valence-electron chi connectivity index (χ2n) is 29.1. The molecule has 2 aliphatic heterocycles. The van der Waals surface area contributed by atoms with Gasteiger partial charge in [0, 0.05) is 107 Å². The monoisotopic (exact) mass is 1480 g/mol. The van der Waals surface area contributed by atoms with Crippen LogP contribution in [-0.2, 0) is 18.6 Å². The number of hydrogen-bond acceptors (Lipinski definition) is 16. The van der Waals surface area contributed by atoms with Gasteiger partial charge in [-0.1, -0.05) is 210 Å². The lowest BCUT2D eigenvalue weighted by Gasteiger charge is -2.32. The largest absolute Gasteiger partial charge is 0.494 e. The lowest BCUT2D eigenvalue weighted by molar-refractivity contribution is 0.00578. The minimum atomic E-state index is -0.583. The third-order valence-corrected chi connectivity index (χ3v) is 21.6. The number of benzene rings is 9. The number of fused-ring (bicyclic) bond motifs is 9. The maximum absolute atomic E-state index is 6.47. The van der Waals surface area contributed by atoms with Crippen molar-refractivity contribution in [1.82, 2.24) is 59.8 Å². The van der Waals surface area contributed by atoms with Gasteiger partial charge in [-0.2, -0.15) is 0 Å². The van der Waals surface area contributed by atoms with Gasteiger partial charge in [0.25, 0.3) is 0 Å². The molecule has 0 bridgehead atoms. The van der Waals surface area contributed by atoms with E-state index in [-0.39, 0.29) is 0 Å². The lowest BCUT2D eigenvalue weighted by atomic mass is 9.71. The minimum absolute atomic E-state index is 0.494. The van der Waals surface area contributed by atoms with Gasteiger partial charge in [-0.25, -0.2) is 29.9 Å². The van der Waals surface area contributed by atoms with Crippen molar-refractivity contribution in [1.29, 1.82) is 0 Å².